The van der Waals surface area contributed by atoms with Crippen molar-refractivity contribution in [3.63, 3.8) is 0 Å². The van der Waals surface area contributed by atoms with Crippen molar-refractivity contribution in [1.29, 1.82) is 0 Å². The van der Waals surface area contributed by atoms with Crippen LogP contribution in [0.5, 0.6) is 0 Å². The number of hydrogen-bond acceptors (Lipinski definition) is 3. The van der Waals surface area contributed by atoms with Crippen molar-refractivity contribution in [3.8, 4) is 22.5 Å². The summed E-state index contributed by atoms with van der Waals surface area (Å²) in [5, 5.41) is 2.25. The van der Waals surface area contributed by atoms with Crippen LogP contribution in [0.2, 0.25) is 0 Å². The predicted molar refractivity (Wildman–Crippen MR) is 181 cm³/mol. The van der Waals surface area contributed by atoms with Gasteiger partial charge in [0.05, 0.1) is 5.58 Å². The maximum atomic E-state index is 6.11. The molecule has 0 saturated carbocycles. The van der Waals surface area contributed by atoms with Gasteiger partial charge in [-0.1, -0.05) is 105 Å². The van der Waals surface area contributed by atoms with Crippen LogP contribution in [-0.2, 0) is 26.5 Å². The van der Waals surface area contributed by atoms with Gasteiger partial charge in [-0.15, -0.1) is 54.1 Å². The smallest absolute Gasteiger partial charge is 0.120 e. The van der Waals surface area contributed by atoms with Crippen LogP contribution < -0.4 is 0 Å². The molecule has 1 atom stereocenters. The molecule has 4 aromatic carbocycles. The van der Waals surface area contributed by atoms with Gasteiger partial charge in [-0.2, -0.15) is 0 Å². The van der Waals surface area contributed by atoms with Gasteiger partial charge in [0.2, 0.25) is 0 Å². The van der Waals surface area contributed by atoms with E-state index in [0.29, 0.717) is 5.92 Å². The number of furan rings is 1. The quantitative estimate of drug-likeness (QED) is 0.164. The van der Waals surface area contributed by atoms with Crippen LogP contribution in [0.4, 0.5) is 0 Å². The van der Waals surface area contributed by atoms with Crippen LogP contribution in [0, 0.1) is 17.5 Å². The van der Waals surface area contributed by atoms with E-state index in [1.165, 1.54) is 16.7 Å². The van der Waals surface area contributed by atoms with Gasteiger partial charge >= 0.3 is 0 Å². The first-order valence-corrected chi connectivity index (χ1v) is 15.1. The van der Waals surface area contributed by atoms with Crippen molar-refractivity contribution in [1.82, 2.24) is 9.97 Å². The van der Waals surface area contributed by atoms with Crippen LogP contribution in [0.3, 0.4) is 0 Å². The summed E-state index contributed by atoms with van der Waals surface area (Å²) in [6.07, 6.45) is 4.77. The van der Waals surface area contributed by atoms with Gasteiger partial charge in [0.25, 0.3) is 0 Å². The maximum absolute atomic E-state index is 6.11. The van der Waals surface area contributed by atoms with Crippen molar-refractivity contribution in [2.45, 2.75) is 40.0 Å². The average molecular weight is 765 g/mol. The van der Waals surface area contributed by atoms with E-state index >= 15 is 0 Å². The molecule has 1 unspecified atom stereocenters. The molecule has 1 radical (unpaired) electrons. The Balaban J connectivity index is 0.000000177. The Hall–Kier alpha value is -4.37. The van der Waals surface area contributed by atoms with Gasteiger partial charge in [0.1, 0.15) is 5.58 Å². The normalized spacial score (nSPS) is 11.8. The van der Waals surface area contributed by atoms with Crippen LogP contribution in [0.25, 0.3) is 44.5 Å². The van der Waals surface area contributed by atoms with E-state index in [0.717, 1.165) is 50.9 Å². The molecule has 0 fully saturated rings. The molecule has 3 aromatic heterocycles. The molecule has 0 aliphatic rings. The van der Waals surface area contributed by atoms with Gasteiger partial charge < -0.3 is 14.4 Å². The van der Waals surface area contributed by atoms with Gasteiger partial charge in [-0.25, -0.2) is 0 Å². The summed E-state index contributed by atoms with van der Waals surface area (Å²) in [5.74, 6) is 0.363. The third-order valence-electron chi connectivity index (χ3n) is 7.72. The summed E-state index contributed by atoms with van der Waals surface area (Å²) in [7, 11) is 0. The number of para-hydroxylation sites is 1. The predicted octanol–water partition coefficient (Wildman–Crippen LogP) is 10.7. The first-order valence-electron chi connectivity index (χ1n) is 15.1. The molecule has 0 aliphatic heterocycles. The second-order valence-corrected chi connectivity index (χ2v) is 12.4. The zero-order valence-electron chi connectivity index (χ0n) is 26.0. The second kappa shape index (κ2) is 14.2. The van der Waals surface area contributed by atoms with E-state index in [4.69, 9.17) is 4.42 Å². The van der Waals surface area contributed by atoms with E-state index < -0.39 is 0 Å². The van der Waals surface area contributed by atoms with Crippen molar-refractivity contribution in [2.24, 2.45) is 5.41 Å². The molecule has 0 spiro atoms. The number of hydrogen-bond donors (Lipinski definition) is 0. The Morgan fingerprint density at radius 1 is 0.689 bits per heavy atom. The monoisotopic (exact) mass is 765 g/mol. The summed E-state index contributed by atoms with van der Waals surface area (Å²) in [6.45, 7) is 8.97. The first-order chi connectivity index (χ1) is 21.4. The van der Waals surface area contributed by atoms with Gasteiger partial charge in [-0.3, -0.25) is 0 Å². The Morgan fingerprint density at radius 3 is 2.20 bits per heavy atom. The molecule has 4 heteroatoms. The number of nitrogens with zero attached hydrogens (tertiary/aromatic N) is 2. The van der Waals surface area contributed by atoms with E-state index in [9.17, 15) is 0 Å². The number of benzene rings is 4. The van der Waals surface area contributed by atoms with E-state index in [2.05, 4.69) is 110 Å². The number of rotatable bonds is 5. The molecule has 3 nitrogen and oxygen atoms in total. The zero-order valence-corrected chi connectivity index (χ0v) is 28.4. The van der Waals surface area contributed by atoms with Crippen LogP contribution in [-0.4, -0.2) is 9.97 Å². The Bertz CT molecular complexity index is 1990. The fourth-order valence-electron chi connectivity index (χ4n) is 5.56. The van der Waals surface area contributed by atoms with E-state index in [1.54, 1.807) is 0 Å². The minimum atomic E-state index is 0. The maximum Gasteiger partial charge on any atom is 0.120 e. The fraction of sp³-hybridized carbons (Fsp3) is 0.171. The summed E-state index contributed by atoms with van der Waals surface area (Å²) in [5.41, 5.74) is 9.75. The standard InChI is InChI=1S/C22H20NO.C19H16N.Ir/c1-22(2,3)14-15-11-12-23-19(13-15)18-9-6-8-17-16-7-4-5-10-20(16)24-21(17)18;1-15(16-8-4-2-5-9-16)18-12-13-20-19(14-18)17-10-6-3-7-11-17;/h4-8,10-13H,14H2,1-3H3;2-10,12-15H,1H3;/q2*-1;. The summed E-state index contributed by atoms with van der Waals surface area (Å²) in [6, 6.07) is 45.7. The van der Waals surface area contributed by atoms with Gasteiger partial charge in [0.15, 0.2) is 0 Å². The molecule has 0 N–H and O–H groups in total. The Kier molecular flexibility index (Phi) is 10.1. The molecule has 0 amide bonds. The fourth-order valence-corrected chi connectivity index (χ4v) is 5.56. The largest absolute Gasteiger partial charge is 0.501 e. The molecule has 3 heterocycles. The molecule has 0 bridgehead atoms. The van der Waals surface area contributed by atoms with E-state index in [-0.39, 0.29) is 25.5 Å². The zero-order chi connectivity index (χ0) is 30.5. The molecular formula is C41H36IrN2O-2. The summed E-state index contributed by atoms with van der Waals surface area (Å²) < 4.78 is 6.11. The van der Waals surface area contributed by atoms with Crippen LogP contribution >= 0.6 is 0 Å². The molecule has 7 aromatic rings. The number of aromatic nitrogens is 2. The van der Waals surface area contributed by atoms with E-state index in [1.807, 2.05) is 67.0 Å². The summed E-state index contributed by atoms with van der Waals surface area (Å²) >= 11 is 0. The van der Waals surface area contributed by atoms with Gasteiger partial charge in [-0.05, 0) is 52.5 Å². The number of fused-ring (bicyclic) bond motifs is 3. The number of pyridine rings is 2. The van der Waals surface area contributed by atoms with Crippen molar-refractivity contribution in [3.05, 3.63) is 156 Å². The van der Waals surface area contributed by atoms with Crippen LogP contribution in [0.1, 0.15) is 50.3 Å². The molecular weight excluding hydrogens is 729 g/mol. The first kappa shape index (κ1) is 32.0. The minimum absolute atomic E-state index is 0. The van der Waals surface area contributed by atoms with Crippen molar-refractivity contribution in [2.75, 3.05) is 0 Å². The average Bonchev–Trinajstić information content (AvgIpc) is 3.44. The van der Waals surface area contributed by atoms with Crippen molar-refractivity contribution < 1.29 is 24.5 Å². The van der Waals surface area contributed by atoms with Gasteiger partial charge in [0, 0.05) is 43.8 Å². The Labute approximate surface area is 279 Å². The minimum Gasteiger partial charge on any atom is -0.501 e. The third kappa shape index (κ3) is 7.65. The van der Waals surface area contributed by atoms with Crippen LogP contribution in [0.15, 0.2) is 132 Å². The molecule has 7 rings (SSSR count). The topological polar surface area (TPSA) is 38.9 Å². The van der Waals surface area contributed by atoms with Crippen molar-refractivity contribution >= 4 is 21.9 Å². The molecule has 227 valence electrons. The SMILES string of the molecule is CC(C)(C)Cc1ccnc(-c2[c-]ccc3c2oc2ccccc23)c1.CC(c1ccccc1)c1ccnc(-c2[c-]cccc2)c1.[Ir]. The molecule has 0 saturated heterocycles. The summed E-state index contributed by atoms with van der Waals surface area (Å²) in [4.78, 5) is 9.02. The third-order valence-corrected chi connectivity index (χ3v) is 7.72. The second-order valence-electron chi connectivity index (χ2n) is 12.4. The molecule has 0 aliphatic carbocycles. The Morgan fingerprint density at radius 2 is 1.42 bits per heavy atom. The molecule has 45 heavy (non-hydrogen) atoms.